The highest BCUT2D eigenvalue weighted by Gasteiger charge is 2.27. The number of unbranched alkanes of at least 4 members (excludes halogenated alkanes) is 1. The molecule has 3 N–H and O–H groups in total. The Kier molecular flexibility index (Phi) is 6.36. The number of carbonyl (C=O) groups is 1. The Balaban J connectivity index is 1.42. The number of likely N-dealkylation sites (N-methyl/N-ethyl adjacent to an activating group) is 1. The fourth-order valence-corrected chi connectivity index (χ4v) is 3.65. The van der Waals surface area contributed by atoms with E-state index in [1.165, 1.54) is 0 Å². The number of rotatable bonds is 7. The molecule has 2 aromatic rings. The summed E-state index contributed by atoms with van der Waals surface area (Å²) in [5.74, 6) is 1.20. The minimum Gasteiger partial charge on any atom is -0.463 e. The highest BCUT2D eigenvalue weighted by molar-refractivity contribution is 5.94. The number of anilines is 3. The molecule has 0 atom stereocenters. The lowest BCUT2D eigenvalue weighted by molar-refractivity contribution is 0.202. The van der Waals surface area contributed by atoms with E-state index >= 15 is 0 Å². The smallest absolute Gasteiger partial charge is 0.322 e. The third-order valence-corrected chi connectivity index (χ3v) is 5.59. The van der Waals surface area contributed by atoms with E-state index < -0.39 is 0 Å². The number of pyridine rings is 1. The van der Waals surface area contributed by atoms with Gasteiger partial charge in [0.15, 0.2) is 5.82 Å². The number of fused-ring (bicyclic) bond motifs is 1. The van der Waals surface area contributed by atoms with Crippen LogP contribution in [0.2, 0.25) is 0 Å². The summed E-state index contributed by atoms with van der Waals surface area (Å²) in [5, 5.41) is 2.81. The van der Waals surface area contributed by atoms with Gasteiger partial charge in [-0.3, -0.25) is 0 Å². The number of hydrogen-bond donors (Lipinski definition) is 2. The molecule has 10 heteroatoms. The van der Waals surface area contributed by atoms with E-state index in [1.54, 1.807) is 4.90 Å². The van der Waals surface area contributed by atoms with Crippen molar-refractivity contribution in [2.24, 2.45) is 0 Å². The molecule has 1 fully saturated rings. The van der Waals surface area contributed by atoms with Gasteiger partial charge in [0.2, 0.25) is 0 Å². The van der Waals surface area contributed by atoms with Crippen LogP contribution in [0.5, 0.6) is 6.01 Å². The number of aromatic nitrogens is 3. The van der Waals surface area contributed by atoms with Gasteiger partial charge in [0.25, 0.3) is 0 Å². The number of nitrogens with one attached hydrogen (secondary N) is 1. The zero-order valence-electron chi connectivity index (χ0n) is 18.2. The first-order valence-electron chi connectivity index (χ1n) is 10.8. The summed E-state index contributed by atoms with van der Waals surface area (Å²) in [4.78, 5) is 32.1. The van der Waals surface area contributed by atoms with Crippen molar-refractivity contribution in [3.63, 3.8) is 0 Å². The number of ether oxygens (including phenoxy) is 1. The third-order valence-electron chi connectivity index (χ3n) is 5.59. The molecule has 2 amide bonds. The van der Waals surface area contributed by atoms with Crippen LogP contribution in [0.4, 0.5) is 22.1 Å². The predicted octanol–water partition coefficient (Wildman–Crippen LogP) is 1.93. The molecule has 1 saturated heterocycles. The van der Waals surface area contributed by atoms with Crippen LogP contribution in [0.25, 0.3) is 0 Å². The van der Waals surface area contributed by atoms with Crippen molar-refractivity contribution < 1.29 is 9.53 Å². The van der Waals surface area contributed by atoms with Gasteiger partial charge in [0, 0.05) is 38.9 Å². The van der Waals surface area contributed by atoms with Crippen molar-refractivity contribution in [1.82, 2.24) is 24.8 Å². The Morgan fingerprint density at radius 2 is 2.00 bits per heavy atom. The second kappa shape index (κ2) is 9.34. The topological polar surface area (TPSA) is 113 Å². The Hall–Kier alpha value is -3.14. The van der Waals surface area contributed by atoms with Crippen LogP contribution in [-0.2, 0) is 13.1 Å². The number of carbonyl (C=O) groups excluding carboxylic acids is 1. The van der Waals surface area contributed by atoms with Crippen molar-refractivity contribution in [1.29, 1.82) is 0 Å². The maximum absolute atomic E-state index is 12.6. The molecule has 2 aromatic heterocycles. The van der Waals surface area contributed by atoms with E-state index in [4.69, 9.17) is 10.5 Å². The zero-order valence-corrected chi connectivity index (χ0v) is 18.2. The van der Waals surface area contributed by atoms with Crippen LogP contribution in [0.15, 0.2) is 18.3 Å². The summed E-state index contributed by atoms with van der Waals surface area (Å²) in [6.45, 7) is 7.39. The first kappa shape index (κ1) is 21.1. The molecule has 10 nitrogen and oxygen atoms in total. The highest BCUT2D eigenvalue weighted by Crippen LogP contribution is 2.29. The van der Waals surface area contributed by atoms with Crippen LogP contribution in [0.1, 0.15) is 31.0 Å². The fraction of sp³-hybridized carbons (Fsp3) is 0.524. The first-order valence-corrected chi connectivity index (χ1v) is 10.8. The van der Waals surface area contributed by atoms with Gasteiger partial charge >= 0.3 is 12.0 Å². The molecule has 4 rings (SSSR count). The Bertz CT molecular complexity index is 912. The molecule has 0 aromatic carbocycles. The van der Waals surface area contributed by atoms with Crippen LogP contribution in [0, 0.1) is 0 Å². The largest absolute Gasteiger partial charge is 0.463 e. The first-order chi connectivity index (χ1) is 15.0. The van der Waals surface area contributed by atoms with Gasteiger partial charge in [0.05, 0.1) is 18.8 Å². The van der Waals surface area contributed by atoms with Crippen LogP contribution in [0.3, 0.4) is 0 Å². The molecule has 0 spiro atoms. The summed E-state index contributed by atoms with van der Waals surface area (Å²) in [6.07, 6.45) is 3.77. The Morgan fingerprint density at radius 1 is 1.19 bits per heavy atom. The molecule has 0 aliphatic carbocycles. The van der Waals surface area contributed by atoms with Crippen LogP contribution >= 0.6 is 0 Å². The number of nitrogens with zero attached hydrogens (tertiary/aromatic N) is 6. The maximum atomic E-state index is 12.6. The number of urea groups is 1. The predicted molar refractivity (Wildman–Crippen MR) is 119 cm³/mol. The molecule has 2 aliphatic rings. The number of piperazine rings is 1. The minimum absolute atomic E-state index is 0.225. The van der Waals surface area contributed by atoms with Gasteiger partial charge in [-0.1, -0.05) is 19.4 Å². The van der Waals surface area contributed by atoms with Crippen LogP contribution < -0.4 is 20.7 Å². The van der Waals surface area contributed by atoms with Crippen LogP contribution in [-0.4, -0.2) is 70.6 Å². The van der Waals surface area contributed by atoms with Crippen molar-refractivity contribution in [3.8, 4) is 6.01 Å². The van der Waals surface area contributed by atoms with Gasteiger partial charge < -0.3 is 30.5 Å². The number of amides is 2. The summed E-state index contributed by atoms with van der Waals surface area (Å²) in [5.41, 5.74) is 8.10. The van der Waals surface area contributed by atoms with Gasteiger partial charge in [-0.25, -0.2) is 9.78 Å². The Labute approximate surface area is 182 Å². The lowest BCUT2D eigenvalue weighted by Gasteiger charge is -2.33. The second-order valence-corrected chi connectivity index (χ2v) is 8.02. The molecule has 31 heavy (non-hydrogen) atoms. The molecule has 0 radical (unpaired) electrons. The molecule has 0 saturated carbocycles. The average Bonchev–Trinajstić information content (AvgIpc) is 2.76. The normalized spacial score (nSPS) is 16.8. The molecule has 0 bridgehead atoms. The summed E-state index contributed by atoms with van der Waals surface area (Å²) in [7, 11) is 2.13. The standard InChI is InChI=1S/C21H30N8O2/c1-3-4-11-31-20-24-16-14-29(21(30)25-18(16)19(22)26-20)13-15-5-6-17(23-12-15)28-9-7-27(2)8-10-28/h5-6,12H,3-4,7-11,13-14H2,1-2H3,(H,25,30)(H2,22,24,26). The van der Waals surface area contributed by atoms with Gasteiger partial charge in [-0.2, -0.15) is 9.97 Å². The van der Waals surface area contributed by atoms with Crippen molar-refractivity contribution >= 4 is 23.4 Å². The number of hydrogen-bond acceptors (Lipinski definition) is 8. The number of nitrogens with two attached hydrogens (primary N) is 1. The van der Waals surface area contributed by atoms with Crippen molar-refractivity contribution in [2.45, 2.75) is 32.9 Å². The van der Waals surface area contributed by atoms with E-state index in [2.05, 4.69) is 44.0 Å². The van der Waals surface area contributed by atoms with E-state index in [0.717, 1.165) is 50.4 Å². The molecular weight excluding hydrogens is 396 g/mol. The van der Waals surface area contributed by atoms with E-state index in [9.17, 15) is 4.79 Å². The molecule has 2 aliphatic heterocycles. The zero-order chi connectivity index (χ0) is 21.8. The van der Waals surface area contributed by atoms with E-state index in [0.29, 0.717) is 31.1 Å². The maximum Gasteiger partial charge on any atom is 0.322 e. The van der Waals surface area contributed by atoms with Gasteiger partial charge in [-0.15, -0.1) is 0 Å². The quantitative estimate of drug-likeness (QED) is 0.646. The lowest BCUT2D eigenvalue weighted by atomic mass is 10.2. The molecule has 4 heterocycles. The van der Waals surface area contributed by atoms with E-state index in [1.807, 2.05) is 18.3 Å². The Morgan fingerprint density at radius 3 is 2.71 bits per heavy atom. The SMILES string of the molecule is CCCCOc1nc(N)c2c(n1)CN(Cc1ccc(N3CCN(C)CC3)nc1)C(=O)N2. The lowest BCUT2D eigenvalue weighted by Crippen LogP contribution is -2.44. The average molecular weight is 427 g/mol. The second-order valence-electron chi connectivity index (χ2n) is 8.02. The van der Waals surface area contributed by atoms with Crippen molar-refractivity contribution in [3.05, 3.63) is 29.6 Å². The van der Waals surface area contributed by atoms with Crippen molar-refractivity contribution in [2.75, 3.05) is 55.8 Å². The summed E-state index contributed by atoms with van der Waals surface area (Å²) < 4.78 is 5.60. The summed E-state index contributed by atoms with van der Waals surface area (Å²) in [6, 6.07) is 4.07. The van der Waals surface area contributed by atoms with Gasteiger partial charge in [0.1, 0.15) is 11.5 Å². The minimum atomic E-state index is -0.231. The highest BCUT2D eigenvalue weighted by atomic mass is 16.5. The number of nitrogen functional groups attached to an aromatic ring is 1. The molecule has 166 valence electrons. The van der Waals surface area contributed by atoms with E-state index in [-0.39, 0.29) is 17.9 Å². The molecular formula is C21H30N8O2. The van der Waals surface area contributed by atoms with Gasteiger partial charge in [-0.05, 0) is 25.1 Å². The molecule has 0 unspecified atom stereocenters. The summed E-state index contributed by atoms with van der Waals surface area (Å²) >= 11 is 0. The fourth-order valence-electron chi connectivity index (χ4n) is 3.65. The monoisotopic (exact) mass is 426 g/mol. The third kappa shape index (κ3) is 4.96.